The number of benzene rings is 7. The van der Waals surface area contributed by atoms with Crippen LogP contribution in [0.2, 0.25) is 0 Å². The second kappa shape index (κ2) is 23.2. The van der Waals surface area contributed by atoms with E-state index in [9.17, 15) is 53.0 Å². The van der Waals surface area contributed by atoms with Crippen LogP contribution >= 0.6 is 0 Å². The highest BCUT2D eigenvalue weighted by Crippen LogP contribution is 2.43. The molecule has 2 fully saturated rings. The number of nitrogens with zero attached hydrogens (tertiary/aromatic N) is 3. The number of phenolic OH excluding ortho intramolecular Hbond substituents is 1. The van der Waals surface area contributed by atoms with E-state index in [1.54, 1.807) is 30.3 Å². The number of alkyl halides is 2. The number of phenols is 1. The molecule has 5 N–H and O–H groups in total. The summed E-state index contributed by atoms with van der Waals surface area (Å²) in [4.78, 5) is 84.4. The summed E-state index contributed by atoms with van der Waals surface area (Å²) < 4.78 is 40.4. The minimum absolute atomic E-state index is 0.0711. The van der Waals surface area contributed by atoms with Crippen molar-refractivity contribution in [2.24, 2.45) is 11.8 Å². The van der Waals surface area contributed by atoms with Gasteiger partial charge in [-0.25, -0.2) is 13.6 Å². The molecular formula is C65H54F2N6O10. The number of carbonyl (C=O) groups excluding carboxylic acids is 4. The van der Waals surface area contributed by atoms with E-state index in [1.165, 1.54) is 54.7 Å². The summed E-state index contributed by atoms with van der Waals surface area (Å²) in [5, 5.41) is 41.8. The third-order valence-electron chi connectivity index (χ3n) is 15.6. The molecule has 2 aliphatic heterocycles. The van der Waals surface area contributed by atoms with E-state index in [1.807, 2.05) is 60.7 Å². The first-order chi connectivity index (χ1) is 40.1. The molecule has 0 bridgehead atoms. The van der Waals surface area contributed by atoms with Gasteiger partial charge in [-0.3, -0.25) is 29.0 Å². The number of carbonyl (C=O) groups is 5. The molecule has 6 aromatic carbocycles. The number of carboxylic acid groups (broad SMARTS) is 1. The fraction of sp³-hybridized carbons (Fsp3) is 0.231. The predicted molar refractivity (Wildman–Crippen MR) is 306 cm³/mol. The smallest absolute Gasteiger partial charge is 0.336 e. The molecule has 7 aromatic rings. The maximum atomic E-state index is 14.1. The van der Waals surface area contributed by atoms with Crippen molar-refractivity contribution in [1.29, 1.82) is 5.26 Å². The van der Waals surface area contributed by atoms with Crippen LogP contribution in [-0.2, 0) is 16.0 Å². The Kier molecular flexibility index (Phi) is 15.4. The van der Waals surface area contributed by atoms with Crippen molar-refractivity contribution in [2.45, 2.75) is 56.5 Å². The molecule has 3 heterocycles. The number of amides is 4. The van der Waals surface area contributed by atoms with Gasteiger partial charge in [-0.1, -0.05) is 60.7 Å². The lowest BCUT2D eigenvalue weighted by atomic mass is 9.81. The third kappa shape index (κ3) is 12.1. The highest BCUT2D eigenvalue weighted by Gasteiger charge is 2.47. The van der Waals surface area contributed by atoms with Gasteiger partial charge in [0.1, 0.15) is 35.5 Å². The molecule has 11 rings (SSSR count). The number of nitrogens with one attached hydrogen (secondary N) is 3. The van der Waals surface area contributed by atoms with Gasteiger partial charge in [0.2, 0.25) is 11.8 Å². The summed E-state index contributed by atoms with van der Waals surface area (Å²) in [5.41, 5.74) is 4.48. The second-order valence-corrected chi connectivity index (χ2v) is 21.2. The number of aromatic nitrogens is 1. The molecule has 0 unspecified atom stereocenters. The fourth-order valence-corrected chi connectivity index (χ4v) is 11.3. The monoisotopic (exact) mass is 1120 g/mol. The molecule has 1 saturated heterocycles. The lowest BCUT2D eigenvalue weighted by molar-refractivity contribution is -0.131. The summed E-state index contributed by atoms with van der Waals surface area (Å²) >= 11 is 0. The molecule has 2 aliphatic carbocycles. The van der Waals surface area contributed by atoms with Crippen LogP contribution in [0.25, 0.3) is 66.2 Å². The largest absolute Gasteiger partial charge is 0.508 e. The number of ether oxygens (including phenoxy) is 1. The summed E-state index contributed by atoms with van der Waals surface area (Å²) in [6.07, 6.45) is 3.75. The number of carboxylic acids is 1. The Morgan fingerprint density at radius 1 is 0.783 bits per heavy atom. The molecule has 4 aliphatic rings. The molecule has 83 heavy (non-hydrogen) atoms. The van der Waals surface area contributed by atoms with E-state index >= 15 is 0 Å². The zero-order chi connectivity index (χ0) is 57.9. The SMILES string of the molecule is N#C[C@@H]1CC(F)(F)CN1C(=O)CNC(=O)c1ccnc2ccc(-c3ccc(OC[C@H](Cc4ccc5ccccc5c4)NC(=O)C4CCC(CNC(=O)c5ccc(C(=O)O)c(-c6c7ccc(=O)cc-7oc7cc(O)ccc67)c5)CC4)cc3)cc12. The van der Waals surface area contributed by atoms with E-state index < -0.39 is 61.2 Å². The number of halogens is 2. The quantitative estimate of drug-likeness (QED) is 0.0568. The summed E-state index contributed by atoms with van der Waals surface area (Å²) in [6, 6.07) is 41.6. The maximum absolute atomic E-state index is 14.1. The van der Waals surface area contributed by atoms with Crippen molar-refractivity contribution in [2.75, 3.05) is 26.2 Å². The zero-order valence-electron chi connectivity index (χ0n) is 44.6. The highest BCUT2D eigenvalue weighted by molar-refractivity contribution is 6.10. The van der Waals surface area contributed by atoms with Crippen LogP contribution in [0.3, 0.4) is 0 Å². The van der Waals surface area contributed by atoms with Crippen molar-refractivity contribution in [3.05, 3.63) is 184 Å². The van der Waals surface area contributed by atoms with Gasteiger partial charge in [0.25, 0.3) is 17.7 Å². The molecule has 0 spiro atoms. The van der Waals surface area contributed by atoms with Crippen LogP contribution < -0.4 is 26.1 Å². The topological polar surface area (TPSA) is 241 Å². The van der Waals surface area contributed by atoms with Gasteiger partial charge in [-0.05, 0) is 144 Å². The van der Waals surface area contributed by atoms with Crippen LogP contribution in [0, 0.1) is 23.2 Å². The van der Waals surface area contributed by atoms with Gasteiger partial charge in [-0.15, -0.1) is 0 Å². The number of aromatic hydroxyl groups is 1. The Morgan fingerprint density at radius 2 is 1.57 bits per heavy atom. The molecular weight excluding hydrogens is 1060 g/mol. The molecule has 2 atom stereocenters. The first kappa shape index (κ1) is 54.9. The van der Waals surface area contributed by atoms with Crippen LogP contribution in [0.1, 0.15) is 68.7 Å². The zero-order valence-corrected chi connectivity index (χ0v) is 44.6. The van der Waals surface area contributed by atoms with Crippen molar-refractivity contribution < 1.29 is 52.1 Å². The van der Waals surface area contributed by atoms with Crippen molar-refractivity contribution in [1.82, 2.24) is 25.8 Å². The van der Waals surface area contributed by atoms with Crippen molar-refractivity contribution in [3.63, 3.8) is 0 Å². The van der Waals surface area contributed by atoms with Gasteiger partial charge < -0.3 is 40.2 Å². The second-order valence-electron chi connectivity index (χ2n) is 21.2. The van der Waals surface area contributed by atoms with Gasteiger partial charge in [0.15, 0.2) is 5.43 Å². The molecule has 4 amide bonds. The number of hydrogen-bond donors (Lipinski definition) is 5. The number of fused-ring (bicyclic) bond motifs is 4. The first-order valence-corrected chi connectivity index (χ1v) is 27.2. The van der Waals surface area contributed by atoms with E-state index in [4.69, 9.17) is 9.15 Å². The Morgan fingerprint density at radius 3 is 2.35 bits per heavy atom. The number of likely N-dealkylation sites (tertiary alicyclic amines) is 1. The van der Waals surface area contributed by atoms with E-state index in [0.29, 0.717) is 71.8 Å². The molecule has 0 radical (unpaired) electrons. The Balaban J connectivity index is 0.730. The average molecular weight is 1120 g/mol. The van der Waals surface area contributed by atoms with Gasteiger partial charge >= 0.3 is 5.97 Å². The summed E-state index contributed by atoms with van der Waals surface area (Å²) in [5.74, 6) is -5.83. The number of rotatable bonds is 16. The van der Waals surface area contributed by atoms with Crippen molar-refractivity contribution >= 4 is 62.2 Å². The third-order valence-corrected chi connectivity index (χ3v) is 15.6. The number of aromatic carboxylic acids is 1. The van der Waals surface area contributed by atoms with Crippen LogP contribution in [0.15, 0.2) is 161 Å². The van der Waals surface area contributed by atoms with Gasteiger partial charge in [-0.2, -0.15) is 5.26 Å². The normalized spacial score (nSPS) is 17.0. The van der Waals surface area contributed by atoms with Gasteiger partial charge in [0, 0.05) is 64.7 Å². The minimum atomic E-state index is -3.18. The van der Waals surface area contributed by atoms with Crippen LogP contribution in [0.5, 0.6) is 11.5 Å². The molecule has 1 aromatic heterocycles. The standard InChI is InChI=1S/C65H54F2N6O10/c66-65(67)31-46(32-68)73(36-65)59(76)34-71-63(79)50-23-24-69-56-22-14-43(27-54(50)56)40-11-17-49(18-12-40)82-35-45(26-38-7-8-39-3-1-2-4-42(39)25-38)72-62(78)41-9-5-37(6-10-41)33-70-61(77)44-13-19-51(64(80)81)55(28-44)60-52-20-15-47(74)29-57(52)83-58-30-48(75)16-21-53(58)60/h1-4,7-8,11-25,27-30,37,41,45-46,74H,5-6,9-10,26,31,33-36H2,(H,70,77)(H,71,79)(H,72,78)(H,80,81)/t37?,41?,45-,46-/m0/s1. The molecule has 18 heteroatoms. The highest BCUT2D eigenvalue weighted by atomic mass is 19.3. The van der Waals surface area contributed by atoms with Gasteiger partial charge in [0.05, 0.1) is 41.8 Å². The molecule has 1 saturated carbocycles. The number of pyridine rings is 1. The van der Waals surface area contributed by atoms with Crippen molar-refractivity contribution in [3.8, 4) is 51.1 Å². The Labute approximate surface area is 473 Å². The Hall–Kier alpha value is -10.0. The first-order valence-electron chi connectivity index (χ1n) is 27.2. The fourth-order valence-electron chi connectivity index (χ4n) is 11.3. The molecule has 418 valence electrons. The lowest BCUT2D eigenvalue weighted by Gasteiger charge is -2.29. The summed E-state index contributed by atoms with van der Waals surface area (Å²) in [7, 11) is 0. The van der Waals surface area contributed by atoms with E-state index in [-0.39, 0.29) is 69.1 Å². The lowest BCUT2D eigenvalue weighted by Crippen LogP contribution is -2.44. The summed E-state index contributed by atoms with van der Waals surface area (Å²) in [6.45, 7) is -0.962. The number of nitriles is 1. The predicted octanol–water partition coefficient (Wildman–Crippen LogP) is 10.2. The maximum Gasteiger partial charge on any atom is 0.336 e. The van der Waals surface area contributed by atoms with E-state index in [0.717, 1.165) is 32.4 Å². The van der Waals surface area contributed by atoms with Crippen LogP contribution in [0.4, 0.5) is 8.78 Å². The average Bonchev–Trinajstić information content (AvgIpc) is 4.04. The van der Waals surface area contributed by atoms with E-state index in [2.05, 4.69) is 33.1 Å². The number of hydrogen-bond acceptors (Lipinski definition) is 11. The Bertz CT molecular complexity index is 4100. The van der Waals surface area contributed by atoms with Crippen LogP contribution in [-0.4, -0.2) is 93.9 Å². The molecule has 16 nitrogen and oxygen atoms in total. The minimum Gasteiger partial charge on any atom is -0.508 e.